The maximum Gasteiger partial charge on any atom is 0.156 e. The summed E-state index contributed by atoms with van der Waals surface area (Å²) in [5.74, 6) is 2.25. The number of hydrogen-bond donors (Lipinski definition) is 1. The van der Waals surface area contributed by atoms with E-state index in [0.29, 0.717) is 18.6 Å². The molecule has 4 rings (SSSR count). The van der Waals surface area contributed by atoms with E-state index in [1.807, 2.05) is 12.3 Å². The highest BCUT2D eigenvalue weighted by Gasteiger charge is 2.30. The molecule has 150 valence electrons. The molecule has 0 aromatic carbocycles. The van der Waals surface area contributed by atoms with Crippen LogP contribution in [0.1, 0.15) is 42.4 Å². The van der Waals surface area contributed by atoms with Crippen molar-refractivity contribution in [1.82, 2.24) is 19.9 Å². The first-order valence-electron chi connectivity index (χ1n) is 10.2. The smallest absolute Gasteiger partial charge is 0.156 e. The van der Waals surface area contributed by atoms with Crippen LogP contribution in [0, 0.1) is 0 Å². The predicted octanol–water partition coefficient (Wildman–Crippen LogP) is 1.93. The van der Waals surface area contributed by atoms with Crippen LogP contribution in [-0.2, 0) is 17.9 Å². The second-order valence-corrected chi connectivity index (χ2v) is 7.87. The van der Waals surface area contributed by atoms with Crippen LogP contribution in [0.25, 0.3) is 0 Å². The van der Waals surface area contributed by atoms with Crippen molar-refractivity contribution in [3.63, 3.8) is 0 Å². The van der Waals surface area contributed by atoms with Gasteiger partial charge in [-0.3, -0.25) is 9.88 Å². The fraction of sp³-hybridized carbons (Fsp3) is 0.571. The Morgan fingerprint density at radius 2 is 2.04 bits per heavy atom. The number of anilines is 1. The van der Waals surface area contributed by atoms with Gasteiger partial charge in [-0.25, -0.2) is 9.97 Å². The minimum atomic E-state index is 0.313. The Kier molecular flexibility index (Phi) is 6.14. The summed E-state index contributed by atoms with van der Waals surface area (Å²) in [7, 11) is 1.69. The summed E-state index contributed by atoms with van der Waals surface area (Å²) in [5.41, 5.74) is 8.24. The quantitative estimate of drug-likeness (QED) is 0.818. The molecular formula is C21H30N6O. The molecule has 7 heteroatoms. The maximum absolute atomic E-state index is 5.99. The zero-order valence-electron chi connectivity index (χ0n) is 16.6. The summed E-state index contributed by atoms with van der Waals surface area (Å²) in [6.45, 7) is 5.39. The molecule has 2 aliphatic rings. The van der Waals surface area contributed by atoms with Gasteiger partial charge in [0.05, 0.1) is 5.69 Å². The third-order valence-electron chi connectivity index (χ3n) is 5.67. The molecule has 0 amide bonds. The van der Waals surface area contributed by atoms with Crippen LogP contribution in [-0.4, -0.2) is 59.2 Å². The summed E-state index contributed by atoms with van der Waals surface area (Å²) in [4.78, 5) is 18.9. The maximum atomic E-state index is 5.99. The topological polar surface area (TPSA) is 80.4 Å². The fourth-order valence-corrected chi connectivity index (χ4v) is 4.05. The van der Waals surface area contributed by atoms with Gasteiger partial charge in [0.15, 0.2) is 5.82 Å². The first-order valence-corrected chi connectivity index (χ1v) is 10.2. The Labute approximate surface area is 166 Å². The highest BCUT2D eigenvalue weighted by molar-refractivity contribution is 5.41. The van der Waals surface area contributed by atoms with Gasteiger partial charge in [-0.2, -0.15) is 0 Å². The van der Waals surface area contributed by atoms with Crippen molar-refractivity contribution in [3.05, 3.63) is 47.7 Å². The molecular weight excluding hydrogens is 352 g/mol. The molecule has 3 heterocycles. The third-order valence-corrected chi connectivity index (χ3v) is 5.67. The average molecular weight is 383 g/mol. The summed E-state index contributed by atoms with van der Waals surface area (Å²) in [6.07, 6.45) is 5.01. The standard InChI is InChI=1S/C21H30N6O/c1-28-15-20-24-19(16-11-17(22)12-16)13-21(25-20)27-8-4-7-26(9-10-27)14-18-5-2-3-6-23-18/h2-3,5-6,13,16-17H,4,7-12,14-15,22H2,1H3. The largest absolute Gasteiger partial charge is 0.377 e. The van der Waals surface area contributed by atoms with E-state index in [4.69, 9.17) is 20.4 Å². The number of ether oxygens (including phenoxy) is 1. The molecule has 0 bridgehead atoms. The Balaban J connectivity index is 1.45. The van der Waals surface area contributed by atoms with Crippen LogP contribution in [0.3, 0.4) is 0 Å². The first-order chi connectivity index (χ1) is 13.7. The van der Waals surface area contributed by atoms with Gasteiger partial charge in [0.1, 0.15) is 12.4 Å². The Hall–Kier alpha value is -2.09. The van der Waals surface area contributed by atoms with Crippen molar-refractivity contribution in [2.75, 3.05) is 38.2 Å². The molecule has 2 aromatic heterocycles. The number of nitrogens with zero attached hydrogens (tertiary/aromatic N) is 5. The van der Waals surface area contributed by atoms with E-state index in [-0.39, 0.29) is 0 Å². The van der Waals surface area contributed by atoms with Crippen molar-refractivity contribution in [2.45, 2.75) is 44.4 Å². The lowest BCUT2D eigenvalue weighted by Gasteiger charge is -2.33. The molecule has 0 atom stereocenters. The van der Waals surface area contributed by atoms with Crippen LogP contribution < -0.4 is 10.6 Å². The van der Waals surface area contributed by atoms with E-state index in [2.05, 4.69) is 33.0 Å². The number of hydrogen-bond acceptors (Lipinski definition) is 7. The SMILES string of the molecule is COCc1nc(C2CC(N)C2)cc(N2CCCN(Cc3ccccn3)CC2)n1. The van der Waals surface area contributed by atoms with Crippen LogP contribution in [0.2, 0.25) is 0 Å². The lowest BCUT2D eigenvalue weighted by atomic mass is 9.78. The monoisotopic (exact) mass is 382 g/mol. The molecule has 7 nitrogen and oxygen atoms in total. The van der Waals surface area contributed by atoms with Crippen LogP contribution >= 0.6 is 0 Å². The Morgan fingerprint density at radius 1 is 1.14 bits per heavy atom. The molecule has 1 saturated carbocycles. The highest BCUT2D eigenvalue weighted by atomic mass is 16.5. The summed E-state index contributed by atoms with van der Waals surface area (Å²) < 4.78 is 5.30. The second kappa shape index (κ2) is 8.94. The third kappa shape index (κ3) is 4.66. The van der Waals surface area contributed by atoms with E-state index >= 15 is 0 Å². The van der Waals surface area contributed by atoms with E-state index in [1.54, 1.807) is 7.11 Å². The molecule has 1 aliphatic carbocycles. The number of pyridine rings is 1. The van der Waals surface area contributed by atoms with Gasteiger partial charge in [-0.15, -0.1) is 0 Å². The lowest BCUT2D eigenvalue weighted by Crippen LogP contribution is -2.36. The summed E-state index contributed by atoms with van der Waals surface area (Å²) in [5, 5.41) is 0. The van der Waals surface area contributed by atoms with Crippen molar-refractivity contribution in [1.29, 1.82) is 0 Å². The first kappa shape index (κ1) is 19.2. The second-order valence-electron chi connectivity index (χ2n) is 7.87. The van der Waals surface area contributed by atoms with Crippen molar-refractivity contribution in [3.8, 4) is 0 Å². The lowest BCUT2D eigenvalue weighted by molar-refractivity contribution is 0.177. The van der Waals surface area contributed by atoms with Gasteiger partial charge >= 0.3 is 0 Å². The predicted molar refractivity (Wildman–Crippen MR) is 109 cm³/mol. The van der Waals surface area contributed by atoms with Crippen molar-refractivity contribution < 1.29 is 4.74 Å². The van der Waals surface area contributed by atoms with Gasteiger partial charge in [0.2, 0.25) is 0 Å². The molecule has 2 N–H and O–H groups in total. The molecule has 2 fully saturated rings. The minimum Gasteiger partial charge on any atom is -0.377 e. The molecule has 1 saturated heterocycles. The van der Waals surface area contributed by atoms with E-state index in [1.165, 1.54) is 0 Å². The van der Waals surface area contributed by atoms with Gasteiger partial charge in [-0.1, -0.05) is 6.07 Å². The molecule has 0 spiro atoms. The van der Waals surface area contributed by atoms with Crippen LogP contribution in [0.4, 0.5) is 5.82 Å². The molecule has 28 heavy (non-hydrogen) atoms. The number of rotatable bonds is 6. The minimum absolute atomic E-state index is 0.313. The Bertz CT molecular complexity index is 765. The average Bonchev–Trinajstić information content (AvgIpc) is 2.92. The van der Waals surface area contributed by atoms with Crippen LogP contribution in [0.5, 0.6) is 0 Å². The summed E-state index contributed by atoms with van der Waals surface area (Å²) in [6, 6.07) is 8.60. The van der Waals surface area contributed by atoms with E-state index in [9.17, 15) is 0 Å². The zero-order chi connectivity index (χ0) is 19.3. The highest BCUT2D eigenvalue weighted by Crippen LogP contribution is 2.35. The van der Waals surface area contributed by atoms with Crippen molar-refractivity contribution in [2.24, 2.45) is 5.73 Å². The van der Waals surface area contributed by atoms with Gasteiger partial charge < -0.3 is 15.4 Å². The molecule has 0 unspecified atom stereocenters. The van der Waals surface area contributed by atoms with E-state index < -0.39 is 0 Å². The molecule has 2 aromatic rings. The van der Waals surface area contributed by atoms with Gasteiger partial charge in [0, 0.05) is 69.8 Å². The van der Waals surface area contributed by atoms with Crippen molar-refractivity contribution >= 4 is 5.82 Å². The van der Waals surface area contributed by atoms with Gasteiger partial charge in [-0.05, 0) is 31.4 Å². The fourth-order valence-electron chi connectivity index (χ4n) is 4.05. The molecule has 0 radical (unpaired) electrons. The van der Waals surface area contributed by atoms with Crippen LogP contribution in [0.15, 0.2) is 30.5 Å². The van der Waals surface area contributed by atoms with E-state index in [0.717, 1.165) is 75.0 Å². The summed E-state index contributed by atoms with van der Waals surface area (Å²) >= 11 is 0. The number of methoxy groups -OCH3 is 1. The zero-order valence-corrected chi connectivity index (χ0v) is 16.6. The normalized spacial score (nSPS) is 23.3. The Morgan fingerprint density at radius 3 is 2.79 bits per heavy atom. The van der Waals surface area contributed by atoms with Gasteiger partial charge in [0.25, 0.3) is 0 Å². The number of aromatic nitrogens is 3. The number of nitrogens with two attached hydrogens (primary N) is 1. The molecule has 1 aliphatic heterocycles.